The Morgan fingerprint density at radius 1 is 1.58 bits per heavy atom. The van der Waals surface area contributed by atoms with Crippen molar-refractivity contribution < 1.29 is 19.0 Å². The molecular formula is C14H18FNO3. The molecule has 1 N–H and O–H groups in total. The zero-order chi connectivity index (χ0) is 14.0. The van der Waals surface area contributed by atoms with E-state index >= 15 is 0 Å². The van der Waals surface area contributed by atoms with Gasteiger partial charge in [-0.1, -0.05) is 12.1 Å². The van der Waals surface area contributed by atoms with Crippen LogP contribution in [0.3, 0.4) is 0 Å². The van der Waals surface area contributed by atoms with Gasteiger partial charge in [0.05, 0.1) is 12.5 Å². The molecule has 1 saturated heterocycles. The maximum atomic E-state index is 14.0. The number of likely N-dealkylation sites (tertiary alicyclic amines) is 1. The first-order valence-electron chi connectivity index (χ1n) is 6.23. The van der Waals surface area contributed by atoms with E-state index in [4.69, 9.17) is 4.74 Å². The number of carboxylic acid groups (broad SMARTS) is 1. The van der Waals surface area contributed by atoms with E-state index in [9.17, 15) is 14.3 Å². The third-order valence-corrected chi connectivity index (χ3v) is 3.73. The van der Waals surface area contributed by atoms with Gasteiger partial charge >= 0.3 is 5.97 Å². The van der Waals surface area contributed by atoms with Crippen LogP contribution in [0.5, 0.6) is 5.75 Å². The molecule has 0 bridgehead atoms. The predicted octanol–water partition coefficient (Wildman–Crippen LogP) is 2.13. The lowest BCUT2D eigenvalue weighted by molar-refractivity contribution is -0.147. The SMILES string of the molecule is COc1cccc(CN2CCC(C)(C(=O)O)C2)c1F. The number of ether oxygens (including phenoxy) is 1. The van der Waals surface area contributed by atoms with Gasteiger partial charge in [-0.2, -0.15) is 0 Å². The van der Waals surface area contributed by atoms with E-state index in [-0.39, 0.29) is 11.6 Å². The second-order valence-corrected chi connectivity index (χ2v) is 5.26. The minimum Gasteiger partial charge on any atom is -0.494 e. The molecule has 1 heterocycles. The van der Waals surface area contributed by atoms with E-state index in [1.807, 2.05) is 4.90 Å². The highest BCUT2D eigenvalue weighted by Gasteiger charge is 2.40. The van der Waals surface area contributed by atoms with Gasteiger partial charge in [-0.25, -0.2) is 4.39 Å². The van der Waals surface area contributed by atoms with Crippen molar-refractivity contribution in [2.45, 2.75) is 19.9 Å². The number of hydrogen-bond acceptors (Lipinski definition) is 3. The number of benzene rings is 1. The lowest BCUT2D eigenvalue weighted by Crippen LogP contribution is -2.31. The normalized spacial score (nSPS) is 23.5. The molecule has 2 rings (SSSR count). The molecule has 5 heteroatoms. The first-order valence-corrected chi connectivity index (χ1v) is 6.23. The number of methoxy groups -OCH3 is 1. The zero-order valence-corrected chi connectivity index (χ0v) is 11.1. The monoisotopic (exact) mass is 267 g/mol. The molecule has 1 aromatic rings. The van der Waals surface area contributed by atoms with Gasteiger partial charge in [0.25, 0.3) is 0 Å². The van der Waals surface area contributed by atoms with E-state index < -0.39 is 11.4 Å². The van der Waals surface area contributed by atoms with Crippen LogP contribution in [0, 0.1) is 11.2 Å². The molecule has 1 fully saturated rings. The van der Waals surface area contributed by atoms with Crippen LogP contribution in [-0.4, -0.2) is 36.2 Å². The van der Waals surface area contributed by atoms with Crippen molar-refractivity contribution in [3.63, 3.8) is 0 Å². The van der Waals surface area contributed by atoms with Crippen molar-refractivity contribution in [1.29, 1.82) is 0 Å². The highest BCUT2D eigenvalue weighted by molar-refractivity contribution is 5.74. The summed E-state index contributed by atoms with van der Waals surface area (Å²) in [5.74, 6) is -0.937. The molecule has 0 aromatic heterocycles. The summed E-state index contributed by atoms with van der Waals surface area (Å²) in [4.78, 5) is 13.1. The number of carbonyl (C=O) groups is 1. The van der Waals surface area contributed by atoms with Gasteiger partial charge in [0.15, 0.2) is 11.6 Å². The second kappa shape index (κ2) is 5.17. The van der Waals surface area contributed by atoms with Crippen LogP contribution < -0.4 is 4.74 Å². The van der Waals surface area contributed by atoms with E-state index in [0.29, 0.717) is 31.6 Å². The molecule has 0 spiro atoms. The molecule has 0 saturated carbocycles. The Balaban J connectivity index is 2.10. The Bertz CT molecular complexity index is 492. The van der Waals surface area contributed by atoms with Crippen LogP contribution in [0.25, 0.3) is 0 Å². The summed E-state index contributed by atoms with van der Waals surface area (Å²) < 4.78 is 19.0. The smallest absolute Gasteiger partial charge is 0.310 e. The molecule has 1 aliphatic heterocycles. The number of carboxylic acids is 1. The van der Waals surface area contributed by atoms with Crippen molar-refractivity contribution in [1.82, 2.24) is 4.90 Å². The van der Waals surface area contributed by atoms with Gasteiger partial charge in [0.1, 0.15) is 0 Å². The van der Waals surface area contributed by atoms with E-state index in [1.165, 1.54) is 7.11 Å². The Hall–Kier alpha value is -1.62. The number of rotatable bonds is 4. The van der Waals surface area contributed by atoms with Crippen molar-refractivity contribution in [3.05, 3.63) is 29.6 Å². The van der Waals surface area contributed by atoms with Crippen molar-refractivity contribution in [2.24, 2.45) is 5.41 Å². The van der Waals surface area contributed by atoms with Crippen LogP contribution in [0.1, 0.15) is 18.9 Å². The van der Waals surface area contributed by atoms with Gasteiger partial charge in [-0.3, -0.25) is 9.69 Å². The standard InChI is InChI=1S/C14H18FNO3/c1-14(13(17)18)6-7-16(9-14)8-10-4-3-5-11(19-2)12(10)15/h3-5H,6-9H2,1-2H3,(H,17,18). The van der Waals surface area contributed by atoms with Crippen molar-refractivity contribution >= 4 is 5.97 Å². The topological polar surface area (TPSA) is 49.8 Å². The number of aliphatic carboxylic acids is 1. The predicted molar refractivity (Wildman–Crippen MR) is 68.6 cm³/mol. The molecule has 104 valence electrons. The van der Waals surface area contributed by atoms with Gasteiger partial charge < -0.3 is 9.84 Å². The Morgan fingerprint density at radius 3 is 2.89 bits per heavy atom. The molecule has 0 aliphatic carbocycles. The third-order valence-electron chi connectivity index (χ3n) is 3.73. The minimum absolute atomic E-state index is 0.220. The highest BCUT2D eigenvalue weighted by atomic mass is 19.1. The molecule has 1 atom stereocenters. The van der Waals surface area contributed by atoms with Gasteiger partial charge in [-0.05, 0) is 26.0 Å². The molecule has 1 unspecified atom stereocenters. The third kappa shape index (κ3) is 2.71. The van der Waals surface area contributed by atoms with E-state index in [2.05, 4.69) is 0 Å². The zero-order valence-electron chi connectivity index (χ0n) is 11.1. The van der Waals surface area contributed by atoms with Gasteiger partial charge in [-0.15, -0.1) is 0 Å². The lowest BCUT2D eigenvalue weighted by Gasteiger charge is -2.20. The van der Waals surface area contributed by atoms with Crippen LogP contribution in [0.4, 0.5) is 4.39 Å². The summed E-state index contributed by atoms with van der Waals surface area (Å²) in [6, 6.07) is 5.02. The molecule has 1 aliphatic rings. The van der Waals surface area contributed by atoms with Crippen LogP contribution in [-0.2, 0) is 11.3 Å². The van der Waals surface area contributed by atoms with E-state index in [1.54, 1.807) is 25.1 Å². The summed E-state index contributed by atoms with van der Waals surface area (Å²) in [5, 5.41) is 9.17. The largest absolute Gasteiger partial charge is 0.494 e. The van der Waals surface area contributed by atoms with Gasteiger partial charge in [0, 0.05) is 18.7 Å². The average Bonchev–Trinajstić information content (AvgIpc) is 2.75. The van der Waals surface area contributed by atoms with Crippen LogP contribution >= 0.6 is 0 Å². The summed E-state index contributed by atoms with van der Waals surface area (Å²) in [7, 11) is 1.43. The summed E-state index contributed by atoms with van der Waals surface area (Å²) in [6.45, 7) is 3.25. The number of halogens is 1. The van der Waals surface area contributed by atoms with E-state index in [0.717, 1.165) is 0 Å². The number of nitrogens with zero attached hydrogens (tertiary/aromatic N) is 1. The first kappa shape index (κ1) is 13.8. The molecule has 1 aromatic carbocycles. The minimum atomic E-state index is -0.791. The fraction of sp³-hybridized carbons (Fsp3) is 0.500. The molecule has 4 nitrogen and oxygen atoms in total. The quantitative estimate of drug-likeness (QED) is 0.908. The van der Waals surface area contributed by atoms with Crippen LogP contribution in [0.2, 0.25) is 0 Å². The first-order chi connectivity index (χ1) is 8.96. The molecule has 0 radical (unpaired) electrons. The van der Waals surface area contributed by atoms with Crippen molar-refractivity contribution in [3.8, 4) is 5.75 Å². The highest BCUT2D eigenvalue weighted by Crippen LogP contribution is 2.32. The fourth-order valence-corrected chi connectivity index (χ4v) is 2.44. The van der Waals surface area contributed by atoms with Gasteiger partial charge in [0.2, 0.25) is 0 Å². The fourth-order valence-electron chi connectivity index (χ4n) is 2.44. The summed E-state index contributed by atoms with van der Waals surface area (Å²) in [6.07, 6.45) is 0.591. The summed E-state index contributed by atoms with van der Waals surface area (Å²) >= 11 is 0. The second-order valence-electron chi connectivity index (χ2n) is 5.26. The molecular weight excluding hydrogens is 249 g/mol. The summed E-state index contributed by atoms with van der Waals surface area (Å²) in [5.41, 5.74) is -0.191. The number of hydrogen-bond donors (Lipinski definition) is 1. The average molecular weight is 267 g/mol. The molecule has 19 heavy (non-hydrogen) atoms. The Labute approximate surface area is 111 Å². The Morgan fingerprint density at radius 2 is 2.32 bits per heavy atom. The van der Waals surface area contributed by atoms with Crippen LogP contribution in [0.15, 0.2) is 18.2 Å². The Kier molecular flexibility index (Phi) is 3.75. The maximum absolute atomic E-state index is 14.0. The molecule has 0 amide bonds. The maximum Gasteiger partial charge on any atom is 0.310 e. The van der Waals surface area contributed by atoms with Crippen molar-refractivity contribution in [2.75, 3.05) is 20.2 Å². The lowest BCUT2D eigenvalue weighted by atomic mass is 9.90.